The van der Waals surface area contributed by atoms with Crippen LogP contribution in [0.4, 0.5) is 5.69 Å². The highest BCUT2D eigenvalue weighted by atomic mass is 16.1. The van der Waals surface area contributed by atoms with E-state index >= 15 is 0 Å². The first-order chi connectivity index (χ1) is 9.08. The van der Waals surface area contributed by atoms with Gasteiger partial charge in [0.1, 0.15) is 0 Å². The van der Waals surface area contributed by atoms with Gasteiger partial charge in [-0.3, -0.25) is 4.79 Å². The van der Waals surface area contributed by atoms with Crippen molar-refractivity contribution in [3.05, 3.63) is 29.8 Å². The Bertz CT molecular complexity index is 384. The minimum atomic E-state index is 0.000295. The summed E-state index contributed by atoms with van der Waals surface area (Å²) >= 11 is 0. The van der Waals surface area contributed by atoms with Gasteiger partial charge in [-0.15, -0.1) is 0 Å². The van der Waals surface area contributed by atoms with Gasteiger partial charge in [0.15, 0.2) is 0 Å². The van der Waals surface area contributed by atoms with Crippen LogP contribution in [-0.4, -0.2) is 19.5 Å². The molecule has 106 valence electrons. The predicted octanol–water partition coefficient (Wildman–Crippen LogP) is 3.07. The topological polar surface area (TPSA) is 41.1 Å². The third-order valence-electron chi connectivity index (χ3n) is 3.33. The lowest BCUT2D eigenvalue weighted by Gasteiger charge is -2.19. The van der Waals surface area contributed by atoms with E-state index in [0.717, 1.165) is 18.5 Å². The molecule has 1 aromatic rings. The molecule has 0 saturated carbocycles. The Labute approximate surface area is 116 Å². The zero-order valence-corrected chi connectivity index (χ0v) is 12.5. The third kappa shape index (κ3) is 5.03. The quantitative estimate of drug-likeness (QED) is 0.793. The molecule has 0 aliphatic rings. The number of amides is 1. The smallest absolute Gasteiger partial charge is 0.229 e. The van der Waals surface area contributed by atoms with Crippen molar-refractivity contribution in [3.8, 4) is 0 Å². The number of carbonyl (C=O) groups is 1. The van der Waals surface area contributed by atoms with Gasteiger partial charge >= 0.3 is 0 Å². The normalized spacial score (nSPS) is 12.5. The van der Waals surface area contributed by atoms with E-state index in [9.17, 15) is 4.79 Å². The molecule has 0 fully saturated rings. The lowest BCUT2D eigenvalue weighted by molar-refractivity contribution is -0.120. The predicted molar refractivity (Wildman–Crippen MR) is 81.3 cm³/mol. The van der Waals surface area contributed by atoms with Crippen LogP contribution in [0.15, 0.2) is 24.3 Å². The van der Waals surface area contributed by atoms with Crippen molar-refractivity contribution in [1.82, 2.24) is 5.32 Å². The van der Waals surface area contributed by atoms with Crippen LogP contribution in [0.25, 0.3) is 0 Å². The maximum Gasteiger partial charge on any atom is 0.229 e. The monoisotopic (exact) mass is 262 g/mol. The van der Waals surface area contributed by atoms with Crippen LogP contribution in [0, 0.1) is 11.8 Å². The maximum atomic E-state index is 12.2. The highest BCUT2D eigenvalue weighted by Gasteiger charge is 2.21. The van der Waals surface area contributed by atoms with Gasteiger partial charge in [-0.05, 0) is 37.1 Å². The Morgan fingerprint density at radius 1 is 1.21 bits per heavy atom. The maximum absolute atomic E-state index is 12.2. The van der Waals surface area contributed by atoms with E-state index in [-0.39, 0.29) is 11.8 Å². The highest BCUT2D eigenvalue weighted by Crippen LogP contribution is 2.15. The van der Waals surface area contributed by atoms with Crippen LogP contribution in [-0.2, 0) is 11.2 Å². The summed E-state index contributed by atoms with van der Waals surface area (Å²) in [6, 6.07) is 8.14. The Balaban J connectivity index is 2.64. The van der Waals surface area contributed by atoms with E-state index in [1.165, 1.54) is 5.56 Å². The van der Waals surface area contributed by atoms with Crippen molar-refractivity contribution >= 4 is 11.6 Å². The molecule has 1 unspecified atom stereocenters. The summed E-state index contributed by atoms with van der Waals surface area (Å²) in [4.78, 5) is 12.2. The second-order valence-corrected chi connectivity index (χ2v) is 5.34. The molecule has 0 heterocycles. The Kier molecular flexibility index (Phi) is 6.57. The molecule has 0 radical (unpaired) electrons. The first-order valence-corrected chi connectivity index (χ1v) is 7.12. The fourth-order valence-corrected chi connectivity index (χ4v) is 2.13. The van der Waals surface area contributed by atoms with Crippen molar-refractivity contribution < 1.29 is 4.79 Å². The van der Waals surface area contributed by atoms with Crippen molar-refractivity contribution in [1.29, 1.82) is 0 Å². The standard InChI is InChI=1S/C16H26N2O/c1-5-6-13-7-9-14(10-8-13)18-16(19)15(11-17-4)12(2)3/h7-10,12,15,17H,5-6,11H2,1-4H3,(H,18,19). The molecule has 0 saturated heterocycles. The molecular formula is C16H26N2O. The number of rotatable bonds is 7. The summed E-state index contributed by atoms with van der Waals surface area (Å²) in [6.07, 6.45) is 2.23. The number of benzene rings is 1. The van der Waals surface area contributed by atoms with Crippen molar-refractivity contribution in [2.24, 2.45) is 11.8 Å². The van der Waals surface area contributed by atoms with E-state index in [0.29, 0.717) is 12.5 Å². The van der Waals surface area contributed by atoms with Crippen molar-refractivity contribution in [2.45, 2.75) is 33.6 Å². The summed E-state index contributed by atoms with van der Waals surface area (Å²) in [5, 5.41) is 6.08. The minimum absolute atomic E-state index is 0.000295. The molecule has 0 aliphatic heterocycles. The van der Waals surface area contributed by atoms with E-state index in [2.05, 4.69) is 43.5 Å². The van der Waals surface area contributed by atoms with Crippen LogP contribution >= 0.6 is 0 Å². The van der Waals surface area contributed by atoms with Crippen LogP contribution in [0.2, 0.25) is 0 Å². The molecule has 2 N–H and O–H groups in total. The summed E-state index contributed by atoms with van der Waals surface area (Å²) < 4.78 is 0. The van der Waals surface area contributed by atoms with E-state index in [4.69, 9.17) is 0 Å². The van der Waals surface area contributed by atoms with Crippen molar-refractivity contribution in [2.75, 3.05) is 18.9 Å². The summed E-state index contributed by atoms with van der Waals surface area (Å²) in [5.74, 6) is 0.416. The second kappa shape index (κ2) is 7.95. The van der Waals surface area contributed by atoms with Crippen LogP contribution in [0.5, 0.6) is 0 Å². The molecule has 0 aromatic heterocycles. The zero-order valence-electron chi connectivity index (χ0n) is 12.5. The Hall–Kier alpha value is -1.35. The molecule has 19 heavy (non-hydrogen) atoms. The second-order valence-electron chi connectivity index (χ2n) is 5.34. The molecule has 1 atom stereocenters. The SMILES string of the molecule is CCCc1ccc(NC(=O)C(CNC)C(C)C)cc1. The molecule has 1 rings (SSSR count). The first kappa shape index (κ1) is 15.7. The fourth-order valence-electron chi connectivity index (χ4n) is 2.13. The lowest BCUT2D eigenvalue weighted by atomic mass is 9.95. The average Bonchev–Trinajstić information content (AvgIpc) is 2.38. The summed E-state index contributed by atoms with van der Waals surface area (Å²) in [6.45, 7) is 7.02. The number of nitrogens with one attached hydrogen (secondary N) is 2. The molecule has 0 bridgehead atoms. The first-order valence-electron chi connectivity index (χ1n) is 7.12. The van der Waals surface area contributed by atoms with Crippen molar-refractivity contribution in [3.63, 3.8) is 0 Å². The van der Waals surface area contributed by atoms with Gasteiger partial charge in [0, 0.05) is 12.2 Å². The minimum Gasteiger partial charge on any atom is -0.326 e. The van der Waals surface area contributed by atoms with Gasteiger partial charge < -0.3 is 10.6 Å². The van der Waals surface area contributed by atoms with Crippen LogP contribution in [0.3, 0.4) is 0 Å². The van der Waals surface area contributed by atoms with Gasteiger partial charge in [0.05, 0.1) is 5.92 Å². The highest BCUT2D eigenvalue weighted by molar-refractivity contribution is 5.92. The van der Waals surface area contributed by atoms with Gasteiger partial charge in [-0.2, -0.15) is 0 Å². The number of carbonyl (C=O) groups excluding carboxylic acids is 1. The number of anilines is 1. The Morgan fingerprint density at radius 2 is 1.84 bits per heavy atom. The van der Waals surface area contributed by atoms with E-state index in [1.807, 2.05) is 19.2 Å². The summed E-state index contributed by atoms with van der Waals surface area (Å²) in [7, 11) is 1.88. The van der Waals surface area contributed by atoms with Gasteiger partial charge in [0.25, 0.3) is 0 Å². The van der Waals surface area contributed by atoms with Gasteiger partial charge in [0.2, 0.25) is 5.91 Å². The largest absolute Gasteiger partial charge is 0.326 e. The molecule has 1 amide bonds. The Morgan fingerprint density at radius 3 is 2.32 bits per heavy atom. The van der Waals surface area contributed by atoms with Crippen LogP contribution in [0.1, 0.15) is 32.8 Å². The molecular weight excluding hydrogens is 236 g/mol. The van der Waals surface area contributed by atoms with E-state index < -0.39 is 0 Å². The zero-order chi connectivity index (χ0) is 14.3. The van der Waals surface area contributed by atoms with Gasteiger partial charge in [-0.25, -0.2) is 0 Å². The van der Waals surface area contributed by atoms with E-state index in [1.54, 1.807) is 0 Å². The molecule has 3 heteroatoms. The van der Waals surface area contributed by atoms with Crippen LogP contribution < -0.4 is 10.6 Å². The molecule has 0 spiro atoms. The third-order valence-corrected chi connectivity index (χ3v) is 3.33. The number of hydrogen-bond acceptors (Lipinski definition) is 2. The molecule has 1 aromatic carbocycles. The lowest BCUT2D eigenvalue weighted by Crippen LogP contribution is -2.34. The average molecular weight is 262 g/mol. The summed E-state index contributed by atoms with van der Waals surface area (Å²) in [5.41, 5.74) is 2.20. The number of hydrogen-bond donors (Lipinski definition) is 2. The molecule has 3 nitrogen and oxygen atoms in total. The molecule has 0 aliphatic carbocycles. The fraction of sp³-hybridized carbons (Fsp3) is 0.562. The number of aryl methyl sites for hydroxylation is 1. The van der Waals surface area contributed by atoms with Gasteiger partial charge in [-0.1, -0.05) is 39.3 Å².